The van der Waals surface area contributed by atoms with Gasteiger partial charge >= 0.3 is 5.97 Å². The van der Waals surface area contributed by atoms with Gasteiger partial charge in [-0.05, 0) is 38.3 Å². The molecule has 5 nitrogen and oxygen atoms in total. The topological polar surface area (TPSA) is 62.7 Å². The van der Waals surface area contributed by atoms with E-state index >= 15 is 0 Å². The minimum atomic E-state index is -0.482. The fraction of sp³-hybridized carbons (Fsp3) is 0.600. The fourth-order valence-corrected chi connectivity index (χ4v) is 3.12. The molecule has 2 rings (SSSR count). The van der Waals surface area contributed by atoms with Crippen molar-refractivity contribution in [2.24, 2.45) is 0 Å². The van der Waals surface area contributed by atoms with Gasteiger partial charge < -0.3 is 9.84 Å². The molecule has 1 fully saturated rings. The number of aromatic nitrogens is 1. The number of carbonyl (C=O) groups excluding carboxylic acids is 1. The largest absolute Gasteiger partial charge is 0.465 e. The molecule has 6 heteroatoms. The number of aliphatic hydroxyl groups is 1. The third-order valence-electron chi connectivity index (χ3n) is 4.02. The summed E-state index contributed by atoms with van der Waals surface area (Å²) in [5.74, 6) is -0.482. The molecule has 0 spiro atoms. The first kappa shape index (κ1) is 16.2. The molecular weight excluding hydrogens is 292 g/mol. The lowest BCUT2D eigenvalue weighted by molar-refractivity contribution is 0.00858. The minimum Gasteiger partial charge on any atom is -0.465 e. The van der Waals surface area contributed by atoms with Crippen molar-refractivity contribution in [3.8, 4) is 0 Å². The van der Waals surface area contributed by atoms with Crippen molar-refractivity contribution in [3.05, 3.63) is 28.5 Å². The predicted molar refractivity (Wildman–Crippen MR) is 80.3 cm³/mol. The quantitative estimate of drug-likeness (QED) is 0.685. The molecule has 0 aliphatic carbocycles. The van der Waals surface area contributed by atoms with Crippen molar-refractivity contribution in [2.75, 3.05) is 7.11 Å². The molecule has 0 aromatic carbocycles. The normalized spacial score (nSPS) is 26.6. The summed E-state index contributed by atoms with van der Waals surface area (Å²) in [5, 5.41) is 9.95. The van der Waals surface area contributed by atoms with E-state index in [0.29, 0.717) is 6.54 Å². The standard InChI is InChI=1S/C15H21ClN2O3/c1-9-4-12(19)5-10(2)18(9)8-11-6-13(15(20)21-3)14(16)17-7-11/h6-7,9-10,12,19H,4-5,8H2,1-3H3/t9-,10+,12?. The van der Waals surface area contributed by atoms with Crippen LogP contribution in [0.2, 0.25) is 5.15 Å². The van der Waals surface area contributed by atoms with Gasteiger partial charge in [-0.3, -0.25) is 4.90 Å². The van der Waals surface area contributed by atoms with Crippen LogP contribution in [-0.2, 0) is 11.3 Å². The Hall–Kier alpha value is -1.17. The zero-order valence-electron chi connectivity index (χ0n) is 12.5. The second kappa shape index (κ2) is 6.73. The van der Waals surface area contributed by atoms with Crippen molar-refractivity contribution in [1.29, 1.82) is 0 Å². The molecule has 0 bridgehead atoms. The van der Waals surface area contributed by atoms with E-state index in [1.165, 1.54) is 7.11 Å². The molecule has 2 heterocycles. The highest BCUT2D eigenvalue weighted by Crippen LogP contribution is 2.26. The number of carbonyl (C=O) groups is 1. The maximum Gasteiger partial charge on any atom is 0.341 e. The van der Waals surface area contributed by atoms with Crippen molar-refractivity contribution in [1.82, 2.24) is 9.88 Å². The first-order valence-corrected chi connectivity index (χ1v) is 7.46. The summed E-state index contributed by atoms with van der Waals surface area (Å²) >= 11 is 5.93. The lowest BCUT2D eigenvalue weighted by Crippen LogP contribution is -2.47. The van der Waals surface area contributed by atoms with Gasteiger partial charge in [0.05, 0.1) is 18.8 Å². The molecule has 0 radical (unpaired) electrons. The van der Waals surface area contributed by atoms with Crippen molar-refractivity contribution in [2.45, 2.75) is 51.4 Å². The van der Waals surface area contributed by atoms with Crippen LogP contribution in [0.15, 0.2) is 12.3 Å². The fourth-order valence-electron chi connectivity index (χ4n) is 2.94. The van der Waals surface area contributed by atoms with Crippen LogP contribution in [0.5, 0.6) is 0 Å². The number of ether oxygens (including phenoxy) is 1. The second-order valence-corrected chi connectivity index (χ2v) is 6.03. The van der Waals surface area contributed by atoms with Crippen LogP contribution in [0, 0.1) is 0 Å². The molecule has 1 aromatic heterocycles. The number of pyridine rings is 1. The first-order valence-electron chi connectivity index (χ1n) is 7.09. The van der Waals surface area contributed by atoms with Gasteiger partial charge in [-0.15, -0.1) is 0 Å². The van der Waals surface area contributed by atoms with Crippen LogP contribution in [0.1, 0.15) is 42.6 Å². The zero-order valence-corrected chi connectivity index (χ0v) is 13.3. The number of rotatable bonds is 3. The summed E-state index contributed by atoms with van der Waals surface area (Å²) in [4.78, 5) is 18.0. The van der Waals surface area contributed by atoms with Crippen LogP contribution in [-0.4, -0.2) is 46.3 Å². The lowest BCUT2D eigenvalue weighted by atomic mass is 9.94. The number of methoxy groups -OCH3 is 1. The van der Waals surface area contributed by atoms with Crippen molar-refractivity contribution < 1.29 is 14.6 Å². The number of piperidine rings is 1. The average molecular weight is 313 g/mol. The Morgan fingerprint density at radius 1 is 1.48 bits per heavy atom. The number of nitrogens with zero attached hydrogens (tertiary/aromatic N) is 2. The highest BCUT2D eigenvalue weighted by atomic mass is 35.5. The average Bonchev–Trinajstić information content (AvgIpc) is 2.43. The molecule has 0 saturated carbocycles. The molecule has 3 atom stereocenters. The van der Waals surface area contributed by atoms with Crippen LogP contribution in [0.4, 0.5) is 0 Å². The molecule has 21 heavy (non-hydrogen) atoms. The highest BCUT2D eigenvalue weighted by molar-refractivity contribution is 6.32. The molecule has 0 amide bonds. The van der Waals surface area contributed by atoms with Crippen LogP contribution < -0.4 is 0 Å². The van der Waals surface area contributed by atoms with Gasteiger partial charge in [-0.2, -0.15) is 0 Å². The van der Waals surface area contributed by atoms with E-state index < -0.39 is 5.97 Å². The minimum absolute atomic E-state index is 0.153. The Kier molecular flexibility index (Phi) is 5.19. The summed E-state index contributed by atoms with van der Waals surface area (Å²) in [7, 11) is 1.32. The molecule has 1 N–H and O–H groups in total. The van der Waals surface area contributed by atoms with Gasteiger partial charge in [0, 0.05) is 24.8 Å². The Morgan fingerprint density at radius 2 is 2.10 bits per heavy atom. The van der Waals surface area contributed by atoms with E-state index in [0.717, 1.165) is 18.4 Å². The number of halogens is 1. The number of likely N-dealkylation sites (tertiary alicyclic amines) is 1. The van der Waals surface area contributed by atoms with E-state index in [4.69, 9.17) is 16.3 Å². The Bertz CT molecular complexity index is 512. The molecular formula is C15H21ClN2O3. The van der Waals surface area contributed by atoms with E-state index in [2.05, 4.69) is 23.7 Å². The van der Waals surface area contributed by atoms with E-state index in [9.17, 15) is 9.90 Å². The molecule has 1 aliphatic heterocycles. The number of hydrogen-bond acceptors (Lipinski definition) is 5. The zero-order chi connectivity index (χ0) is 15.6. The van der Waals surface area contributed by atoms with Gasteiger partial charge in [0.1, 0.15) is 5.15 Å². The van der Waals surface area contributed by atoms with Crippen LogP contribution >= 0.6 is 11.6 Å². The summed E-state index contributed by atoms with van der Waals surface area (Å²) in [6.07, 6.45) is 2.96. The molecule has 1 unspecified atom stereocenters. The third-order valence-corrected chi connectivity index (χ3v) is 4.33. The molecule has 1 aromatic rings. The first-order chi connectivity index (χ1) is 9.92. The predicted octanol–water partition coefficient (Wildman–Crippen LogP) is 2.26. The monoisotopic (exact) mass is 312 g/mol. The maximum atomic E-state index is 11.7. The van der Waals surface area contributed by atoms with Gasteiger partial charge in [0.2, 0.25) is 0 Å². The SMILES string of the molecule is COC(=O)c1cc(CN2[C@H](C)CC(O)C[C@@H]2C)cnc1Cl. The van der Waals surface area contributed by atoms with Gasteiger partial charge in [-0.1, -0.05) is 11.6 Å². The summed E-state index contributed by atoms with van der Waals surface area (Å²) in [5.41, 5.74) is 1.20. The summed E-state index contributed by atoms with van der Waals surface area (Å²) < 4.78 is 4.71. The van der Waals surface area contributed by atoms with E-state index in [-0.39, 0.29) is 28.9 Å². The summed E-state index contributed by atoms with van der Waals surface area (Å²) in [6, 6.07) is 2.29. The second-order valence-electron chi connectivity index (χ2n) is 5.67. The van der Waals surface area contributed by atoms with Gasteiger partial charge in [0.15, 0.2) is 0 Å². The molecule has 1 aliphatic rings. The summed E-state index contributed by atoms with van der Waals surface area (Å²) in [6.45, 7) is 4.87. The number of aliphatic hydroxyl groups excluding tert-OH is 1. The smallest absolute Gasteiger partial charge is 0.341 e. The number of esters is 1. The lowest BCUT2D eigenvalue weighted by Gasteiger charge is -2.41. The maximum absolute atomic E-state index is 11.7. The highest BCUT2D eigenvalue weighted by Gasteiger charge is 2.30. The Morgan fingerprint density at radius 3 is 2.67 bits per heavy atom. The molecule has 1 saturated heterocycles. The Balaban J connectivity index is 2.17. The van der Waals surface area contributed by atoms with Gasteiger partial charge in [-0.25, -0.2) is 9.78 Å². The van der Waals surface area contributed by atoms with Crippen molar-refractivity contribution >= 4 is 17.6 Å². The van der Waals surface area contributed by atoms with E-state index in [1.54, 1.807) is 12.3 Å². The molecule has 116 valence electrons. The number of hydrogen-bond donors (Lipinski definition) is 1. The van der Waals surface area contributed by atoms with E-state index in [1.807, 2.05) is 0 Å². The Labute approximate surface area is 129 Å². The van der Waals surface area contributed by atoms with Crippen molar-refractivity contribution in [3.63, 3.8) is 0 Å². The van der Waals surface area contributed by atoms with Crippen LogP contribution in [0.25, 0.3) is 0 Å². The third kappa shape index (κ3) is 3.73. The van der Waals surface area contributed by atoms with Crippen LogP contribution in [0.3, 0.4) is 0 Å². The van der Waals surface area contributed by atoms with Gasteiger partial charge in [0.25, 0.3) is 0 Å².